The fourth-order valence-electron chi connectivity index (χ4n) is 3.09. The fourth-order valence-corrected chi connectivity index (χ4v) is 3.09. The van der Waals surface area contributed by atoms with Crippen LogP contribution in [0.25, 0.3) is 0 Å². The van der Waals surface area contributed by atoms with Gasteiger partial charge in [0.15, 0.2) is 0 Å². The second-order valence-corrected chi connectivity index (χ2v) is 6.67. The van der Waals surface area contributed by atoms with Crippen molar-refractivity contribution in [3.63, 3.8) is 0 Å². The van der Waals surface area contributed by atoms with Crippen molar-refractivity contribution >= 4 is 11.9 Å². The molecule has 0 aliphatic carbocycles. The minimum atomic E-state index is -0.523. The topological polar surface area (TPSA) is 70.7 Å². The van der Waals surface area contributed by atoms with Crippen molar-refractivity contribution in [2.24, 2.45) is 0 Å². The Balaban J connectivity index is 1.77. The standard InChI is InChI=1S/C19H29N3O3/c1-14-6-4-5-11-22(14)18(23)15(2)21-19(24)20-12-16-7-9-17(10-8-16)13-25-3/h7-10,14-15H,4-6,11-13H2,1-3H3,(H2,20,21,24)/t14-,15+/m1/s1. The molecular weight excluding hydrogens is 318 g/mol. The van der Waals surface area contributed by atoms with Crippen LogP contribution in [-0.4, -0.2) is 42.6 Å². The lowest BCUT2D eigenvalue weighted by Gasteiger charge is -2.35. The lowest BCUT2D eigenvalue weighted by molar-refractivity contribution is -0.136. The summed E-state index contributed by atoms with van der Waals surface area (Å²) in [5.41, 5.74) is 2.09. The number of ether oxygens (including phenoxy) is 1. The SMILES string of the molecule is COCc1ccc(CNC(=O)N[C@@H](C)C(=O)N2CCCC[C@H]2C)cc1. The molecule has 1 aliphatic heterocycles. The van der Waals surface area contributed by atoms with Crippen LogP contribution in [-0.2, 0) is 22.7 Å². The van der Waals surface area contributed by atoms with E-state index < -0.39 is 6.04 Å². The van der Waals surface area contributed by atoms with Gasteiger partial charge in [-0.3, -0.25) is 4.79 Å². The number of methoxy groups -OCH3 is 1. The average Bonchev–Trinajstić information content (AvgIpc) is 2.61. The van der Waals surface area contributed by atoms with Crippen molar-refractivity contribution in [1.82, 2.24) is 15.5 Å². The number of rotatable bonds is 6. The Hall–Kier alpha value is -2.08. The van der Waals surface area contributed by atoms with Gasteiger partial charge in [-0.05, 0) is 44.2 Å². The van der Waals surface area contributed by atoms with E-state index >= 15 is 0 Å². The van der Waals surface area contributed by atoms with Crippen LogP contribution in [0.1, 0.15) is 44.2 Å². The molecule has 3 amide bonds. The van der Waals surface area contributed by atoms with E-state index in [1.54, 1.807) is 14.0 Å². The van der Waals surface area contributed by atoms with E-state index in [0.29, 0.717) is 13.2 Å². The number of nitrogens with zero attached hydrogens (tertiary/aromatic N) is 1. The van der Waals surface area contributed by atoms with Gasteiger partial charge in [0, 0.05) is 26.2 Å². The van der Waals surface area contributed by atoms with Gasteiger partial charge < -0.3 is 20.3 Å². The van der Waals surface area contributed by atoms with Crippen LogP contribution in [0.3, 0.4) is 0 Å². The minimum absolute atomic E-state index is 0.00808. The molecule has 1 heterocycles. The molecule has 0 aromatic heterocycles. The Morgan fingerprint density at radius 3 is 2.56 bits per heavy atom. The molecule has 0 spiro atoms. The molecule has 25 heavy (non-hydrogen) atoms. The molecule has 0 unspecified atom stereocenters. The first-order chi connectivity index (χ1) is 12.0. The lowest BCUT2D eigenvalue weighted by atomic mass is 10.0. The maximum absolute atomic E-state index is 12.5. The highest BCUT2D eigenvalue weighted by Crippen LogP contribution is 2.17. The van der Waals surface area contributed by atoms with Crippen molar-refractivity contribution < 1.29 is 14.3 Å². The average molecular weight is 347 g/mol. The number of benzene rings is 1. The van der Waals surface area contributed by atoms with E-state index in [0.717, 1.165) is 36.9 Å². The maximum Gasteiger partial charge on any atom is 0.315 e. The van der Waals surface area contributed by atoms with Gasteiger partial charge in [-0.25, -0.2) is 4.79 Å². The van der Waals surface area contributed by atoms with Crippen molar-refractivity contribution in [1.29, 1.82) is 0 Å². The summed E-state index contributed by atoms with van der Waals surface area (Å²) in [6, 6.07) is 7.26. The summed E-state index contributed by atoms with van der Waals surface area (Å²) in [6.07, 6.45) is 3.23. The van der Waals surface area contributed by atoms with E-state index in [2.05, 4.69) is 17.6 Å². The molecule has 1 aliphatic rings. The van der Waals surface area contributed by atoms with Gasteiger partial charge in [0.2, 0.25) is 5.91 Å². The highest BCUT2D eigenvalue weighted by atomic mass is 16.5. The summed E-state index contributed by atoms with van der Waals surface area (Å²) in [7, 11) is 1.66. The zero-order valence-corrected chi connectivity index (χ0v) is 15.4. The smallest absolute Gasteiger partial charge is 0.315 e. The Bertz CT molecular complexity index is 574. The molecule has 1 saturated heterocycles. The van der Waals surface area contributed by atoms with Crippen molar-refractivity contribution in [3.8, 4) is 0 Å². The molecule has 1 aromatic carbocycles. The number of likely N-dealkylation sites (tertiary alicyclic amines) is 1. The summed E-state index contributed by atoms with van der Waals surface area (Å²) in [5, 5.41) is 5.54. The number of piperidine rings is 1. The van der Waals surface area contributed by atoms with Crippen LogP contribution >= 0.6 is 0 Å². The van der Waals surface area contributed by atoms with Gasteiger partial charge in [0.1, 0.15) is 6.04 Å². The summed E-state index contributed by atoms with van der Waals surface area (Å²) < 4.78 is 5.07. The van der Waals surface area contributed by atoms with Crippen LogP contribution in [0.4, 0.5) is 4.79 Å². The third-order valence-corrected chi connectivity index (χ3v) is 4.59. The van der Waals surface area contributed by atoms with Crippen LogP contribution in [0.5, 0.6) is 0 Å². The Labute approximate surface area is 149 Å². The van der Waals surface area contributed by atoms with Crippen LogP contribution < -0.4 is 10.6 Å². The van der Waals surface area contributed by atoms with E-state index in [1.165, 1.54) is 0 Å². The molecule has 2 atom stereocenters. The van der Waals surface area contributed by atoms with Gasteiger partial charge in [-0.1, -0.05) is 24.3 Å². The highest BCUT2D eigenvalue weighted by Gasteiger charge is 2.27. The van der Waals surface area contributed by atoms with E-state index in [1.807, 2.05) is 29.2 Å². The van der Waals surface area contributed by atoms with Gasteiger partial charge in [-0.15, -0.1) is 0 Å². The molecule has 6 nitrogen and oxygen atoms in total. The van der Waals surface area contributed by atoms with Gasteiger partial charge in [0.05, 0.1) is 6.61 Å². The molecule has 6 heteroatoms. The Kier molecular flexibility index (Phi) is 7.25. The normalized spacial score (nSPS) is 18.5. The number of hydrogen-bond donors (Lipinski definition) is 2. The highest BCUT2D eigenvalue weighted by molar-refractivity contribution is 5.87. The molecule has 1 aromatic rings. The van der Waals surface area contributed by atoms with Gasteiger partial charge >= 0.3 is 6.03 Å². The van der Waals surface area contributed by atoms with Crippen LogP contribution in [0, 0.1) is 0 Å². The molecule has 138 valence electrons. The number of carbonyl (C=O) groups excluding carboxylic acids is 2. The first-order valence-corrected chi connectivity index (χ1v) is 8.93. The summed E-state index contributed by atoms with van der Waals surface area (Å²) in [5.74, 6) is -0.00808. The molecule has 0 bridgehead atoms. The zero-order valence-electron chi connectivity index (χ0n) is 15.4. The van der Waals surface area contributed by atoms with E-state index in [9.17, 15) is 9.59 Å². The van der Waals surface area contributed by atoms with Crippen LogP contribution in [0.15, 0.2) is 24.3 Å². The fraction of sp³-hybridized carbons (Fsp3) is 0.579. The Morgan fingerprint density at radius 1 is 1.24 bits per heavy atom. The van der Waals surface area contributed by atoms with E-state index in [4.69, 9.17) is 4.74 Å². The van der Waals surface area contributed by atoms with Gasteiger partial charge in [-0.2, -0.15) is 0 Å². The van der Waals surface area contributed by atoms with Crippen molar-refractivity contribution in [2.45, 2.75) is 58.3 Å². The first kappa shape index (κ1) is 19.2. The maximum atomic E-state index is 12.5. The lowest BCUT2D eigenvalue weighted by Crippen LogP contribution is -2.53. The molecule has 1 fully saturated rings. The number of hydrogen-bond acceptors (Lipinski definition) is 3. The predicted octanol–water partition coefficient (Wildman–Crippen LogP) is 2.42. The third kappa shape index (κ3) is 5.74. The molecule has 2 rings (SSSR count). The monoisotopic (exact) mass is 347 g/mol. The zero-order chi connectivity index (χ0) is 18.2. The Morgan fingerprint density at radius 2 is 1.92 bits per heavy atom. The number of urea groups is 1. The largest absolute Gasteiger partial charge is 0.380 e. The number of carbonyl (C=O) groups is 2. The second-order valence-electron chi connectivity index (χ2n) is 6.67. The molecule has 2 N–H and O–H groups in total. The molecule has 0 saturated carbocycles. The number of nitrogens with one attached hydrogen (secondary N) is 2. The quantitative estimate of drug-likeness (QED) is 0.830. The third-order valence-electron chi connectivity index (χ3n) is 4.59. The van der Waals surface area contributed by atoms with Crippen molar-refractivity contribution in [2.75, 3.05) is 13.7 Å². The first-order valence-electron chi connectivity index (χ1n) is 8.93. The van der Waals surface area contributed by atoms with Crippen LogP contribution in [0.2, 0.25) is 0 Å². The van der Waals surface area contributed by atoms with E-state index in [-0.39, 0.29) is 18.0 Å². The second kappa shape index (κ2) is 9.42. The van der Waals surface area contributed by atoms with Crippen molar-refractivity contribution in [3.05, 3.63) is 35.4 Å². The summed E-state index contributed by atoms with van der Waals surface area (Å²) >= 11 is 0. The van der Waals surface area contributed by atoms with Gasteiger partial charge in [0.25, 0.3) is 0 Å². The number of amides is 3. The minimum Gasteiger partial charge on any atom is -0.380 e. The molecular formula is C19H29N3O3. The summed E-state index contributed by atoms with van der Waals surface area (Å²) in [6.45, 7) is 5.57. The molecule has 0 radical (unpaired) electrons. The predicted molar refractivity (Wildman–Crippen MR) is 97.0 cm³/mol. The summed E-state index contributed by atoms with van der Waals surface area (Å²) in [4.78, 5) is 26.4.